The first-order valence-corrected chi connectivity index (χ1v) is 10.0. The van der Waals surface area contributed by atoms with E-state index < -0.39 is 0 Å². The van der Waals surface area contributed by atoms with E-state index in [2.05, 4.69) is 6.07 Å². The Hall–Kier alpha value is -3.12. The number of carbonyl (C=O) groups excluding carboxylic acids is 1. The Morgan fingerprint density at radius 1 is 1.21 bits per heavy atom. The van der Waals surface area contributed by atoms with E-state index >= 15 is 0 Å². The monoisotopic (exact) mass is 389 g/mol. The number of benzene rings is 2. The summed E-state index contributed by atoms with van der Waals surface area (Å²) in [6, 6.07) is 15.8. The number of nitrogens with zero attached hydrogens (tertiary/aromatic N) is 2. The first kappa shape index (κ1) is 17.0. The number of methoxy groups -OCH3 is 1. The van der Waals surface area contributed by atoms with E-state index in [1.807, 2.05) is 47.4 Å². The van der Waals surface area contributed by atoms with Crippen molar-refractivity contribution < 1.29 is 9.53 Å². The molecule has 0 spiro atoms. The van der Waals surface area contributed by atoms with Crippen LogP contribution in [-0.4, -0.2) is 24.5 Å². The van der Waals surface area contributed by atoms with Crippen LogP contribution in [0.3, 0.4) is 0 Å². The van der Waals surface area contributed by atoms with Gasteiger partial charge in [-0.25, -0.2) is 4.98 Å². The smallest absolute Gasteiger partial charge is 0.270 e. The van der Waals surface area contributed by atoms with Crippen LogP contribution < -0.4 is 15.4 Å². The quantitative estimate of drug-likeness (QED) is 0.543. The van der Waals surface area contributed by atoms with Crippen LogP contribution in [0.25, 0.3) is 21.1 Å². The number of ether oxygens (including phenoxy) is 1. The molecule has 140 valence electrons. The molecule has 0 aliphatic carbocycles. The van der Waals surface area contributed by atoms with Crippen LogP contribution >= 0.6 is 11.3 Å². The number of rotatable bonds is 2. The van der Waals surface area contributed by atoms with Gasteiger partial charge in [-0.3, -0.25) is 4.79 Å². The lowest BCUT2D eigenvalue weighted by atomic mass is 10.0. The summed E-state index contributed by atoms with van der Waals surface area (Å²) in [4.78, 5) is 21.3. The molecule has 0 atom stereocenters. The lowest BCUT2D eigenvalue weighted by Crippen LogP contribution is -2.35. The second kappa shape index (κ2) is 6.49. The van der Waals surface area contributed by atoms with Crippen molar-refractivity contribution in [3.8, 4) is 5.75 Å². The van der Waals surface area contributed by atoms with Gasteiger partial charge in [-0.15, -0.1) is 11.3 Å². The van der Waals surface area contributed by atoms with Gasteiger partial charge in [0.25, 0.3) is 5.91 Å². The predicted octanol–water partition coefficient (Wildman–Crippen LogP) is 4.63. The topological polar surface area (TPSA) is 68.5 Å². The third-order valence-corrected chi connectivity index (χ3v) is 6.37. The molecule has 1 aliphatic heterocycles. The van der Waals surface area contributed by atoms with Crippen molar-refractivity contribution >= 4 is 49.7 Å². The van der Waals surface area contributed by atoms with Gasteiger partial charge in [0.1, 0.15) is 15.5 Å². The second-order valence-electron chi connectivity index (χ2n) is 6.93. The first-order chi connectivity index (χ1) is 13.7. The lowest BCUT2D eigenvalue weighted by Gasteiger charge is -2.29. The summed E-state index contributed by atoms with van der Waals surface area (Å²) in [6.45, 7) is 0.704. The van der Waals surface area contributed by atoms with Gasteiger partial charge in [0.05, 0.1) is 18.3 Å². The molecule has 0 radical (unpaired) electrons. The highest BCUT2D eigenvalue weighted by Crippen LogP contribution is 2.37. The minimum absolute atomic E-state index is 0.0470. The molecule has 2 aromatic carbocycles. The van der Waals surface area contributed by atoms with Gasteiger partial charge in [-0.05, 0) is 48.7 Å². The van der Waals surface area contributed by atoms with Gasteiger partial charge in [0.2, 0.25) is 0 Å². The Labute approximate surface area is 166 Å². The number of amides is 1. The molecule has 4 aromatic rings. The van der Waals surface area contributed by atoms with Crippen LogP contribution in [0, 0.1) is 0 Å². The summed E-state index contributed by atoms with van der Waals surface area (Å²) >= 11 is 1.37. The van der Waals surface area contributed by atoms with E-state index in [0.717, 1.165) is 45.4 Å². The van der Waals surface area contributed by atoms with Gasteiger partial charge >= 0.3 is 0 Å². The molecular weight excluding hydrogens is 370 g/mol. The second-order valence-corrected chi connectivity index (χ2v) is 7.93. The molecule has 1 amide bonds. The van der Waals surface area contributed by atoms with E-state index in [4.69, 9.17) is 15.5 Å². The zero-order valence-corrected chi connectivity index (χ0v) is 16.3. The summed E-state index contributed by atoms with van der Waals surface area (Å²) < 4.78 is 5.30. The van der Waals surface area contributed by atoms with E-state index in [0.29, 0.717) is 17.1 Å². The number of fused-ring (bicyclic) bond motifs is 3. The number of pyridine rings is 1. The normalized spacial score (nSPS) is 13.7. The molecule has 5 rings (SSSR count). The highest BCUT2D eigenvalue weighted by atomic mass is 32.1. The number of nitrogen functional groups attached to an aromatic ring is 1. The maximum absolute atomic E-state index is 13.4. The molecule has 28 heavy (non-hydrogen) atoms. The van der Waals surface area contributed by atoms with Crippen molar-refractivity contribution in [2.24, 2.45) is 0 Å². The molecule has 0 saturated carbocycles. The summed E-state index contributed by atoms with van der Waals surface area (Å²) in [7, 11) is 1.64. The highest BCUT2D eigenvalue weighted by Gasteiger charge is 2.27. The van der Waals surface area contributed by atoms with Crippen molar-refractivity contribution in [2.75, 3.05) is 24.3 Å². The van der Waals surface area contributed by atoms with Crippen LogP contribution in [0.4, 0.5) is 11.4 Å². The minimum Gasteiger partial charge on any atom is -0.497 e. The molecular formula is C22H19N3O2S. The van der Waals surface area contributed by atoms with E-state index in [1.165, 1.54) is 16.9 Å². The van der Waals surface area contributed by atoms with Crippen molar-refractivity contribution in [3.05, 3.63) is 59.0 Å². The maximum Gasteiger partial charge on any atom is 0.270 e. The molecule has 2 N–H and O–H groups in total. The molecule has 0 bridgehead atoms. The molecule has 3 heterocycles. The summed E-state index contributed by atoms with van der Waals surface area (Å²) in [5.41, 5.74) is 9.97. The van der Waals surface area contributed by atoms with Crippen LogP contribution in [-0.2, 0) is 6.42 Å². The molecule has 2 aromatic heterocycles. The fourth-order valence-corrected chi connectivity index (χ4v) is 4.87. The van der Waals surface area contributed by atoms with Gasteiger partial charge in [0, 0.05) is 23.0 Å². The largest absolute Gasteiger partial charge is 0.497 e. The summed E-state index contributed by atoms with van der Waals surface area (Å²) in [5.74, 6) is 0.720. The van der Waals surface area contributed by atoms with Gasteiger partial charge in [-0.2, -0.15) is 0 Å². The van der Waals surface area contributed by atoms with Crippen LogP contribution in [0.15, 0.2) is 48.5 Å². The molecule has 0 fully saturated rings. The Bertz CT molecular complexity index is 1230. The Morgan fingerprint density at radius 2 is 2.07 bits per heavy atom. The summed E-state index contributed by atoms with van der Waals surface area (Å²) in [5, 5.41) is 1.76. The van der Waals surface area contributed by atoms with Crippen molar-refractivity contribution in [3.63, 3.8) is 0 Å². The first-order valence-electron chi connectivity index (χ1n) is 9.22. The number of thiophene rings is 1. The van der Waals surface area contributed by atoms with Crippen LogP contribution in [0.5, 0.6) is 5.75 Å². The molecule has 0 saturated heterocycles. The predicted molar refractivity (Wildman–Crippen MR) is 115 cm³/mol. The number of nitrogens with two attached hydrogens (primary N) is 1. The lowest BCUT2D eigenvalue weighted by molar-refractivity contribution is 0.0990. The number of carbonyl (C=O) groups is 1. The van der Waals surface area contributed by atoms with E-state index in [-0.39, 0.29) is 5.91 Å². The number of aromatic nitrogens is 1. The minimum atomic E-state index is -0.0470. The fourth-order valence-electron chi connectivity index (χ4n) is 3.83. The number of aryl methyl sites for hydroxylation is 1. The SMILES string of the molecule is COc1ccc2nc3sc(C(=O)N4CCCc5ccccc54)c(N)c3cc2c1. The van der Waals surface area contributed by atoms with Gasteiger partial charge < -0.3 is 15.4 Å². The molecule has 5 nitrogen and oxygen atoms in total. The third-order valence-electron chi connectivity index (χ3n) is 5.27. The van der Waals surface area contributed by atoms with Crippen LogP contribution in [0.2, 0.25) is 0 Å². The molecule has 1 aliphatic rings. The Kier molecular flexibility index (Phi) is 3.94. The zero-order valence-electron chi connectivity index (χ0n) is 15.4. The highest BCUT2D eigenvalue weighted by molar-refractivity contribution is 7.21. The Balaban J connectivity index is 1.62. The molecule has 0 unspecified atom stereocenters. The number of para-hydroxylation sites is 1. The maximum atomic E-state index is 13.4. The Morgan fingerprint density at radius 3 is 2.93 bits per heavy atom. The third kappa shape index (κ3) is 2.60. The van der Waals surface area contributed by atoms with E-state index in [1.54, 1.807) is 7.11 Å². The van der Waals surface area contributed by atoms with Gasteiger partial charge in [-0.1, -0.05) is 18.2 Å². The number of hydrogen-bond donors (Lipinski definition) is 1. The zero-order chi connectivity index (χ0) is 19.3. The average molecular weight is 389 g/mol. The van der Waals surface area contributed by atoms with Gasteiger partial charge in [0.15, 0.2) is 0 Å². The summed E-state index contributed by atoms with van der Waals surface area (Å²) in [6.07, 6.45) is 1.95. The van der Waals surface area contributed by atoms with Crippen molar-refractivity contribution in [1.29, 1.82) is 0 Å². The van der Waals surface area contributed by atoms with Crippen molar-refractivity contribution in [1.82, 2.24) is 4.98 Å². The average Bonchev–Trinajstić information content (AvgIpc) is 3.06. The van der Waals surface area contributed by atoms with Crippen LogP contribution in [0.1, 0.15) is 21.7 Å². The van der Waals surface area contributed by atoms with E-state index in [9.17, 15) is 4.79 Å². The van der Waals surface area contributed by atoms with Crippen molar-refractivity contribution in [2.45, 2.75) is 12.8 Å². The fraction of sp³-hybridized carbons (Fsp3) is 0.182. The molecule has 6 heteroatoms. The number of anilines is 2. The number of hydrogen-bond acceptors (Lipinski definition) is 5. The standard InChI is InChI=1S/C22H19N3O2S/c1-27-15-8-9-17-14(11-15)12-16-19(23)20(28-21(16)24-17)22(26)25-10-4-6-13-5-2-3-7-18(13)25/h2-3,5,7-9,11-12H,4,6,10,23H2,1H3.